The van der Waals surface area contributed by atoms with Crippen LogP contribution in [0.4, 0.5) is 10.1 Å². The lowest BCUT2D eigenvalue weighted by Gasteiger charge is -2.32. The summed E-state index contributed by atoms with van der Waals surface area (Å²) < 4.78 is 16.2. The number of benzene rings is 1. The van der Waals surface area contributed by atoms with Crippen LogP contribution in [0.2, 0.25) is 0 Å². The quantitative estimate of drug-likeness (QED) is 0.668. The second-order valence-electron chi connectivity index (χ2n) is 6.87. The monoisotopic (exact) mass is 371 g/mol. The van der Waals surface area contributed by atoms with E-state index >= 15 is 0 Å². The molecule has 3 heterocycles. The maximum Gasteiger partial charge on any atom is 0.341 e. The predicted molar refractivity (Wildman–Crippen MR) is 98.9 cm³/mol. The van der Waals surface area contributed by atoms with Gasteiger partial charge in [-0.3, -0.25) is 9.78 Å². The molecular weight excluding hydrogens is 353 g/mol. The lowest BCUT2D eigenvalue weighted by molar-refractivity contribution is 0.0695. The van der Waals surface area contributed by atoms with E-state index in [1.807, 2.05) is 0 Å². The first-order chi connectivity index (χ1) is 12.9. The number of carboxylic acids is 1. The summed E-state index contributed by atoms with van der Waals surface area (Å²) in [6, 6.07) is 2.78. The molecule has 1 unspecified atom stereocenters. The number of fused-ring (bicyclic) bond motifs is 3. The molecule has 0 bridgehead atoms. The normalized spacial score (nSPS) is 17.6. The highest BCUT2D eigenvalue weighted by Gasteiger charge is 2.23. The third-order valence-corrected chi connectivity index (χ3v) is 5.06. The highest BCUT2D eigenvalue weighted by molar-refractivity contribution is 6.07. The Balaban J connectivity index is 2.04. The number of aryl methyl sites for hydroxylation is 1. The van der Waals surface area contributed by atoms with Crippen molar-refractivity contribution in [2.24, 2.45) is 7.05 Å². The van der Waals surface area contributed by atoms with Gasteiger partial charge in [-0.2, -0.15) is 0 Å². The lowest BCUT2D eigenvalue weighted by Crippen LogP contribution is -2.38. The van der Waals surface area contributed by atoms with Gasteiger partial charge >= 0.3 is 5.97 Å². The van der Waals surface area contributed by atoms with Crippen molar-refractivity contribution in [3.63, 3.8) is 0 Å². The minimum Gasteiger partial charge on any atom is -0.477 e. The highest BCUT2D eigenvalue weighted by Crippen LogP contribution is 2.30. The van der Waals surface area contributed by atoms with E-state index in [1.165, 1.54) is 29.1 Å². The van der Waals surface area contributed by atoms with Gasteiger partial charge in [0.05, 0.1) is 34.4 Å². The van der Waals surface area contributed by atoms with Crippen molar-refractivity contribution in [2.75, 3.05) is 18.0 Å². The number of aliphatic hydroxyl groups is 1. The minimum absolute atomic E-state index is 0.196. The maximum absolute atomic E-state index is 14.7. The number of nitrogens with zero attached hydrogens (tertiary/aromatic N) is 3. The second-order valence-corrected chi connectivity index (χ2v) is 6.87. The van der Waals surface area contributed by atoms with Crippen LogP contribution < -0.4 is 10.3 Å². The molecule has 7 nitrogen and oxygen atoms in total. The summed E-state index contributed by atoms with van der Waals surface area (Å²) in [6.45, 7) is 0.898. The van der Waals surface area contributed by atoms with E-state index in [4.69, 9.17) is 0 Å². The molecule has 0 amide bonds. The average molecular weight is 371 g/mol. The molecule has 1 fully saturated rings. The topological polar surface area (TPSA) is 95.7 Å². The summed E-state index contributed by atoms with van der Waals surface area (Å²) in [5.74, 6) is -1.81. The Labute approximate surface area is 153 Å². The van der Waals surface area contributed by atoms with E-state index in [0.29, 0.717) is 30.4 Å². The molecule has 3 aromatic rings. The third-order valence-electron chi connectivity index (χ3n) is 5.06. The van der Waals surface area contributed by atoms with Gasteiger partial charge in [0.25, 0.3) is 0 Å². The first-order valence-electron chi connectivity index (χ1n) is 8.64. The van der Waals surface area contributed by atoms with E-state index in [1.54, 1.807) is 11.9 Å². The number of piperidine rings is 1. The Morgan fingerprint density at radius 1 is 1.37 bits per heavy atom. The average Bonchev–Trinajstić information content (AvgIpc) is 2.63. The largest absolute Gasteiger partial charge is 0.477 e. The molecule has 1 atom stereocenters. The molecule has 1 saturated heterocycles. The molecule has 27 heavy (non-hydrogen) atoms. The van der Waals surface area contributed by atoms with Crippen molar-refractivity contribution in [2.45, 2.75) is 18.9 Å². The molecule has 8 heteroatoms. The Morgan fingerprint density at radius 2 is 2.15 bits per heavy atom. The molecule has 1 aromatic carbocycles. The van der Waals surface area contributed by atoms with Crippen LogP contribution in [0.1, 0.15) is 23.2 Å². The van der Waals surface area contributed by atoms with Gasteiger partial charge in [0.2, 0.25) is 5.43 Å². The predicted octanol–water partition coefficient (Wildman–Crippen LogP) is 1.89. The van der Waals surface area contributed by atoms with Crippen LogP contribution in [-0.4, -0.2) is 44.9 Å². The zero-order valence-corrected chi connectivity index (χ0v) is 14.6. The number of aromatic carboxylic acids is 1. The van der Waals surface area contributed by atoms with E-state index in [2.05, 4.69) is 4.98 Å². The van der Waals surface area contributed by atoms with Crippen LogP contribution in [0, 0.1) is 5.82 Å². The number of carbonyl (C=O) groups is 1. The summed E-state index contributed by atoms with van der Waals surface area (Å²) in [6.07, 6.45) is 3.56. The molecule has 0 aliphatic carbocycles. The van der Waals surface area contributed by atoms with Gasteiger partial charge in [0.1, 0.15) is 11.4 Å². The summed E-state index contributed by atoms with van der Waals surface area (Å²) in [5.41, 5.74) is 0.0454. The van der Waals surface area contributed by atoms with Gasteiger partial charge in [-0.15, -0.1) is 0 Å². The van der Waals surface area contributed by atoms with Crippen LogP contribution in [0.3, 0.4) is 0 Å². The molecule has 140 valence electrons. The first kappa shape index (κ1) is 17.4. The van der Waals surface area contributed by atoms with Crippen molar-refractivity contribution >= 4 is 33.5 Å². The van der Waals surface area contributed by atoms with Crippen LogP contribution in [0.25, 0.3) is 21.8 Å². The number of hydrogen-bond donors (Lipinski definition) is 2. The van der Waals surface area contributed by atoms with Gasteiger partial charge in [0, 0.05) is 37.8 Å². The molecule has 2 N–H and O–H groups in total. The smallest absolute Gasteiger partial charge is 0.341 e. The van der Waals surface area contributed by atoms with Crippen molar-refractivity contribution < 1.29 is 19.4 Å². The van der Waals surface area contributed by atoms with E-state index in [-0.39, 0.29) is 22.2 Å². The van der Waals surface area contributed by atoms with Gasteiger partial charge in [-0.1, -0.05) is 0 Å². The van der Waals surface area contributed by atoms with Crippen molar-refractivity contribution in [1.82, 2.24) is 9.55 Å². The number of carboxylic acid groups (broad SMARTS) is 1. The molecule has 2 aromatic heterocycles. The molecule has 0 radical (unpaired) electrons. The van der Waals surface area contributed by atoms with Crippen LogP contribution in [0.15, 0.2) is 29.3 Å². The van der Waals surface area contributed by atoms with Gasteiger partial charge in [-0.25, -0.2) is 9.18 Å². The summed E-state index contributed by atoms with van der Waals surface area (Å²) >= 11 is 0. The van der Waals surface area contributed by atoms with E-state index < -0.39 is 23.3 Å². The van der Waals surface area contributed by atoms with Crippen LogP contribution >= 0.6 is 0 Å². The Bertz CT molecular complexity index is 1140. The van der Waals surface area contributed by atoms with Crippen LogP contribution in [-0.2, 0) is 7.05 Å². The first-order valence-corrected chi connectivity index (χ1v) is 8.64. The number of hydrogen-bond acceptors (Lipinski definition) is 5. The van der Waals surface area contributed by atoms with Crippen LogP contribution in [0.5, 0.6) is 0 Å². The molecule has 0 spiro atoms. The number of rotatable bonds is 2. The second kappa shape index (κ2) is 6.31. The highest BCUT2D eigenvalue weighted by atomic mass is 19.1. The lowest BCUT2D eigenvalue weighted by atomic mass is 10.0. The van der Waals surface area contributed by atoms with Crippen molar-refractivity contribution in [3.05, 3.63) is 46.1 Å². The fraction of sp³-hybridized carbons (Fsp3) is 0.316. The standard InChI is InChI=1S/C19H18FN3O4/c1-22-9-12(19(26)27)18(25)17-11-5-15(23-4-2-3-10(24)8-23)13(20)6-14(11)21-7-16(17)22/h5-7,9-10,24H,2-4,8H2,1H3,(H,26,27). The number of pyridine rings is 2. The number of aromatic nitrogens is 2. The Hall–Kier alpha value is -3.00. The molecular formula is C19H18FN3O4. The number of β-amino-alcohol motifs (C(OH)–C–C–N with tert-alkyl or cyclic N) is 1. The van der Waals surface area contributed by atoms with Gasteiger partial charge in [0.15, 0.2) is 0 Å². The number of anilines is 1. The molecule has 0 saturated carbocycles. The Morgan fingerprint density at radius 3 is 2.85 bits per heavy atom. The number of aliphatic hydroxyl groups excluding tert-OH is 1. The Kier molecular flexibility index (Phi) is 4.07. The third kappa shape index (κ3) is 2.82. The summed E-state index contributed by atoms with van der Waals surface area (Å²) in [7, 11) is 1.63. The van der Waals surface area contributed by atoms with E-state index in [9.17, 15) is 24.2 Å². The summed E-state index contributed by atoms with van der Waals surface area (Å²) in [4.78, 5) is 30.2. The molecule has 1 aliphatic heterocycles. The fourth-order valence-electron chi connectivity index (χ4n) is 3.72. The minimum atomic E-state index is -1.32. The van der Waals surface area contributed by atoms with E-state index in [0.717, 1.165) is 6.42 Å². The summed E-state index contributed by atoms with van der Waals surface area (Å²) in [5, 5.41) is 19.8. The van der Waals surface area contributed by atoms with Gasteiger partial charge in [-0.05, 0) is 18.9 Å². The zero-order valence-electron chi connectivity index (χ0n) is 14.6. The zero-order chi connectivity index (χ0) is 19.3. The fourth-order valence-corrected chi connectivity index (χ4v) is 3.72. The number of halogens is 1. The van der Waals surface area contributed by atoms with Crippen molar-refractivity contribution in [3.8, 4) is 0 Å². The maximum atomic E-state index is 14.7. The molecule has 4 rings (SSSR count). The molecule has 1 aliphatic rings. The van der Waals surface area contributed by atoms with Crippen molar-refractivity contribution in [1.29, 1.82) is 0 Å². The SMILES string of the molecule is Cn1cc(C(=O)O)c(=O)c2c3cc(N4CCCC(O)C4)c(F)cc3ncc21. The van der Waals surface area contributed by atoms with Gasteiger partial charge < -0.3 is 19.7 Å².